The van der Waals surface area contributed by atoms with Crippen molar-refractivity contribution in [3.8, 4) is 17.6 Å². The Labute approximate surface area is 214 Å². The van der Waals surface area contributed by atoms with E-state index in [1.165, 1.54) is 13.2 Å². The van der Waals surface area contributed by atoms with E-state index in [0.717, 1.165) is 5.56 Å². The summed E-state index contributed by atoms with van der Waals surface area (Å²) in [4.78, 5) is 12.6. The van der Waals surface area contributed by atoms with Gasteiger partial charge in [-0.1, -0.05) is 68.9 Å². The molecule has 0 saturated heterocycles. The van der Waals surface area contributed by atoms with Crippen molar-refractivity contribution < 1.29 is 14.3 Å². The molecule has 0 aliphatic rings. The van der Waals surface area contributed by atoms with E-state index in [9.17, 15) is 10.1 Å². The monoisotopic (exact) mass is 564 g/mol. The van der Waals surface area contributed by atoms with Gasteiger partial charge in [0, 0.05) is 4.47 Å². The number of nitrogens with zero attached hydrogens (tertiary/aromatic N) is 1. The predicted octanol–water partition coefficient (Wildman–Crippen LogP) is 7.54. The summed E-state index contributed by atoms with van der Waals surface area (Å²) < 4.78 is 11.9. The van der Waals surface area contributed by atoms with E-state index in [2.05, 4.69) is 21.2 Å². The zero-order valence-electron chi connectivity index (χ0n) is 17.2. The largest absolute Gasteiger partial charge is 0.493 e. The summed E-state index contributed by atoms with van der Waals surface area (Å²) in [6.07, 6.45) is 1.45. The number of benzene rings is 3. The fourth-order valence-electron chi connectivity index (χ4n) is 2.78. The second-order valence-electron chi connectivity index (χ2n) is 6.67. The Morgan fingerprint density at radius 2 is 1.82 bits per heavy atom. The van der Waals surface area contributed by atoms with Crippen molar-refractivity contribution in [3.05, 3.63) is 90.8 Å². The van der Waals surface area contributed by atoms with Crippen molar-refractivity contribution in [2.45, 2.75) is 6.61 Å². The molecule has 9 heteroatoms. The summed E-state index contributed by atoms with van der Waals surface area (Å²) in [6, 6.07) is 17.3. The standard InChI is InChI=1S/C24H16BrCl3N2O3/c1-32-22-10-15(9-16(12-29)24(31)30-21-5-3-2-4-19(21)27)17(25)11-23(22)33-13-14-6-7-18(26)20(28)8-14/h2-11H,13H2,1H3,(H,30,31)/b16-9+. The van der Waals surface area contributed by atoms with Gasteiger partial charge in [-0.15, -0.1) is 0 Å². The maximum Gasteiger partial charge on any atom is 0.266 e. The number of nitriles is 1. The summed E-state index contributed by atoms with van der Waals surface area (Å²) in [5.74, 6) is 0.302. The van der Waals surface area contributed by atoms with Crippen molar-refractivity contribution in [1.29, 1.82) is 5.26 Å². The number of anilines is 1. The number of rotatable bonds is 7. The third kappa shape index (κ3) is 6.43. The van der Waals surface area contributed by atoms with Gasteiger partial charge in [0.05, 0.1) is 27.9 Å². The summed E-state index contributed by atoms with van der Waals surface area (Å²) >= 11 is 21.5. The Morgan fingerprint density at radius 3 is 2.48 bits per heavy atom. The Hall–Kier alpha value is -2.69. The molecular formula is C24H16BrCl3N2O3. The molecule has 3 rings (SSSR count). The summed E-state index contributed by atoms with van der Waals surface area (Å²) in [5, 5.41) is 13.4. The second kappa shape index (κ2) is 11.4. The summed E-state index contributed by atoms with van der Waals surface area (Å²) in [7, 11) is 1.50. The van der Waals surface area contributed by atoms with Gasteiger partial charge in [-0.05, 0) is 53.6 Å². The van der Waals surface area contributed by atoms with Crippen LogP contribution >= 0.6 is 50.7 Å². The molecule has 168 valence electrons. The Bertz CT molecular complexity index is 1270. The lowest BCUT2D eigenvalue weighted by molar-refractivity contribution is -0.112. The molecule has 0 fully saturated rings. The van der Waals surface area contributed by atoms with Gasteiger partial charge in [0.25, 0.3) is 5.91 Å². The molecule has 5 nitrogen and oxygen atoms in total. The van der Waals surface area contributed by atoms with Crippen LogP contribution in [0.5, 0.6) is 11.5 Å². The van der Waals surface area contributed by atoms with Crippen molar-refractivity contribution in [2.75, 3.05) is 12.4 Å². The number of ether oxygens (including phenoxy) is 2. The minimum absolute atomic E-state index is 0.109. The van der Waals surface area contributed by atoms with Crippen LogP contribution < -0.4 is 14.8 Å². The maximum atomic E-state index is 12.6. The molecule has 0 saturated carbocycles. The minimum Gasteiger partial charge on any atom is -0.493 e. The number of amides is 1. The highest BCUT2D eigenvalue weighted by Gasteiger charge is 2.15. The quantitative estimate of drug-likeness (QED) is 0.237. The summed E-state index contributed by atoms with van der Waals surface area (Å²) in [6.45, 7) is 0.235. The molecule has 1 N–H and O–H groups in total. The summed E-state index contributed by atoms with van der Waals surface area (Å²) in [5.41, 5.74) is 1.68. The van der Waals surface area contributed by atoms with Crippen molar-refractivity contribution in [3.63, 3.8) is 0 Å². The molecule has 0 unspecified atom stereocenters. The molecule has 0 heterocycles. The van der Waals surface area contributed by atoms with Gasteiger partial charge in [-0.2, -0.15) is 5.26 Å². The average Bonchev–Trinajstić information content (AvgIpc) is 2.80. The minimum atomic E-state index is -0.587. The zero-order valence-corrected chi connectivity index (χ0v) is 21.0. The fraction of sp³-hybridized carbons (Fsp3) is 0.0833. The number of hydrogen-bond donors (Lipinski definition) is 1. The SMILES string of the molecule is COc1cc(/C=C(\C#N)C(=O)Nc2ccccc2Cl)c(Br)cc1OCc1ccc(Cl)c(Cl)c1. The van der Waals surface area contributed by atoms with Crippen LogP contribution in [0.3, 0.4) is 0 Å². The van der Waals surface area contributed by atoms with E-state index in [4.69, 9.17) is 44.3 Å². The first-order chi connectivity index (χ1) is 15.8. The number of methoxy groups -OCH3 is 1. The Balaban J connectivity index is 1.83. The van der Waals surface area contributed by atoms with Gasteiger partial charge in [0.2, 0.25) is 0 Å². The van der Waals surface area contributed by atoms with E-state index in [-0.39, 0.29) is 12.2 Å². The number of halogens is 4. The molecule has 0 radical (unpaired) electrons. The zero-order chi connectivity index (χ0) is 24.0. The van der Waals surface area contributed by atoms with Crippen LogP contribution in [0, 0.1) is 11.3 Å². The lowest BCUT2D eigenvalue weighted by atomic mass is 10.1. The van der Waals surface area contributed by atoms with E-state index < -0.39 is 5.91 Å². The van der Waals surface area contributed by atoms with Crippen molar-refractivity contribution >= 4 is 68.4 Å². The third-order valence-corrected chi connectivity index (χ3v) is 6.20. The van der Waals surface area contributed by atoms with E-state index in [0.29, 0.717) is 42.3 Å². The van der Waals surface area contributed by atoms with Gasteiger partial charge in [-0.3, -0.25) is 4.79 Å². The van der Waals surface area contributed by atoms with Crippen LogP contribution in [-0.4, -0.2) is 13.0 Å². The first-order valence-electron chi connectivity index (χ1n) is 9.44. The number of para-hydroxylation sites is 1. The first-order valence-corrected chi connectivity index (χ1v) is 11.4. The first kappa shape index (κ1) is 24.9. The van der Waals surface area contributed by atoms with Gasteiger partial charge in [-0.25, -0.2) is 0 Å². The average molecular weight is 567 g/mol. The van der Waals surface area contributed by atoms with Gasteiger partial charge in [0.15, 0.2) is 11.5 Å². The topological polar surface area (TPSA) is 71.3 Å². The molecule has 1 amide bonds. The molecular weight excluding hydrogens is 551 g/mol. The fourth-order valence-corrected chi connectivity index (χ4v) is 3.72. The van der Waals surface area contributed by atoms with Gasteiger partial charge < -0.3 is 14.8 Å². The number of nitrogens with one attached hydrogen (secondary N) is 1. The molecule has 0 aliphatic carbocycles. The highest BCUT2D eigenvalue weighted by atomic mass is 79.9. The molecule has 0 atom stereocenters. The lowest BCUT2D eigenvalue weighted by Gasteiger charge is -2.13. The smallest absolute Gasteiger partial charge is 0.266 e. The Kier molecular flexibility index (Phi) is 8.65. The number of hydrogen-bond acceptors (Lipinski definition) is 4. The van der Waals surface area contributed by atoms with E-state index in [1.54, 1.807) is 48.5 Å². The predicted molar refractivity (Wildman–Crippen MR) is 135 cm³/mol. The highest BCUT2D eigenvalue weighted by molar-refractivity contribution is 9.10. The van der Waals surface area contributed by atoms with E-state index >= 15 is 0 Å². The second-order valence-corrected chi connectivity index (χ2v) is 8.74. The lowest BCUT2D eigenvalue weighted by Crippen LogP contribution is -2.13. The normalized spacial score (nSPS) is 11.0. The van der Waals surface area contributed by atoms with Crippen LogP contribution in [-0.2, 0) is 11.4 Å². The van der Waals surface area contributed by atoms with Gasteiger partial charge in [0.1, 0.15) is 18.2 Å². The van der Waals surface area contributed by atoms with Crippen LogP contribution in [0.4, 0.5) is 5.69 Å². The highest BCUT2D eigenvalue weighted by Crippen LogP contribution is 2.35. The molecule has 3 aromatic rings. The molecule has 33 heavy (non-hydrogen) atoms. The van der Waals surface area contributed by atoms with E-state index in [1.807, 2.05) is 12.1 Å². The third-order valence-electron chi connectivity index (χ3n) is 4.45. The molecule has 0 spiro atoms. The molecule has 3 aromatic carbocycles. The molecule has 0 aliphatic heterocycles. The van der Waals surface area contributed by atoms with Crippen molar-refractivity contribution in [1.82, 2.24) is 0 Å². The van der Waals surface area contributed by atoms with Crippen LogP contribution in [0.1, 0.15) is 11.1 Å². The van der Waals surface area contributed by atoms with Crippen molar-refractivity contribution in [2.24, 2.45) is 0 Å². The molecule has 0 aromatic heterocycles. The molecule has 0 bridgehead atoms. The maximum absolute atomic E-state index is 12.6. The van der Waals surface area contributed by atoms with Crippen LogP contribution in [0.2, 0.25) is 15.1 Å². The number of carbonyl (C=O) groups is 1. The van der Waals surface area contributed by atoms with Crippen LogP contribution in [0.15, 0.2) is 64.6 Å². The van der Waals surface area contributed by atoms with Gasteiger partial charge >= 0.3 is 0 Å². The Morgan fingerprint density at radius 1 is 1.06 bits per heavy atom. The van der Waals surface area contributed by atoms with Crippen LogP contribution in [0.25, 0.3) is 6.08 Å². The number of carbonyl (C=O) groups excluding carboxylic acids is 1.